The lowest BCUT2D eigenvalue weighted by Gasteiger charge is -2.19. The number of carboxylic acids is 1. The number of carbonyl (C=O) groups is 2. The summed E-state index contributed by atoms with van der Waals surface area (Å²) in [6.45, 7) is 3.64. The minimum Gasteiger partial charge on any atom is -0.480 e. The van der Waals surface area contributed by atoms with Crippen LogP contribution in [-0.4, -0.2) is 41.1 Å². The van der Waals surface area contributed by atoms with Gasteiger partial charge >= 0.3 is 5.97 Å². The van der Waals surface area contributed by atoms with Crippen LogP contribution in [0.5, 0.6) is 0 Å². The fourth-order valence-corrected chi connectivity index (χ4v) is 1.54. The summed E-state index contributed by atoms with van der Waals surface area (Å²) in [6, 6.07) is -1.50. The van der Waals surface area contributed by atoms with E-state index in [4.69, 9.17) is 10.8 Å². The molecule has 94 valence electrons. The third-order valence-electron chi connectivity index (χ3n) is 2.25. The van der Waals surface area contributed by atoms with E-state index in [0.29, 0.717) is 12.2 Å². The van der Waals surface area contributed by atoms with Gasteiger partial charge in [-0.3, -0.25) is 4.79 Å². The lowest BCUT2D eigenvalue weighted by atomic mass is 10.0. The van der Waals surface area contributed by atoms with Crippen molar-refractivity contribution in [1.82, 2.24) is 5.32 Å². The molecule has 0 spiro atoms. The molecule has 0 fully saturated rings. The van der Waals surface area contributed by atoms with Crippen LogP contribution in [0.25, 0.3) is 0 Å². The number of nitrogens with one attached hydrogen (secondary N) is 1. The maximum Gasteiger partial charge on any atom is 0.326 e. The highest BCUT2D eigenvalue weighted by Crippen LogP contribution is 2.03. The fourth-order valence-electron chi connectivity index (χ4n) is 1.06. The van der Waals surface area contributed by atoms with Crippen LogP contribution < -0.4 is 11.1 Å². The normalized spacial score (nSPS) is 14.6. The number of hydrogen-bond acceptors (Lipinski definition) is 4. The van der Waals surface area contributed by atoms with Crippen LogP contribution in [-0.2, 0) is 9.59 Å². The lowest BCUT2D eigenvalue weighted by molar-refractivity contribution is -0.142. The molecule has 6 heteroatoms. The van der Waals surface area contributed by atoms with E-state index in [-0.39, 0.29) is 5.92 Å². The van der Waals surface area contributed by atoms with Crippen molar-refractivity contribution in [3.63, 3.8) is 0 Å². The number of aliphatic carboxylic acids is 1. The molecule has 0 aromatic rings. The van der Waals surface area contributed by atoms with Gasteiger partial charge in [0.15, 0.2) is 0 Å². The standard InChI is InChI=1S/C10H20N2O3S/c1-6(2)8(11)9(13)12-7(10(14)15)4-5-16-3/h6-8H,4-5,11H2,1-3H3,(H,12,13)(H,14,15)/t7?,8-/m1/s1. The molecular formula is C10H20N2O3S. The molecule has 0 heterocycles. The van der Waals surface area contributed by atoms with Crippen molar-refractivity contribution < 1.29 is 14.7 Å². The molecule has 0 bridgehead atoms. The molecule has 5 nitrogen and oxygen atoms in total. The number of hydrogen-bond donors (Lipinski definition) is 3. The molecular weight excluding hydrogens is 228 g/mol. The van der Waals surface area contributed by atoms with Gasteiger partial charge in [0.2, 0.25) is 5.91 Å². The molecule has 0 rings (SSSR count). The zero-order chi connectivity index (χ0) is 12.7. The van der Waals surface area contributed by atoms with Crippen molar-refractivity contribution in [2.24, 2.45) is 11.7 Å². The van der Waals surface area contributed by atoms with Crippen molar-refractivity contribution in [2.75, 3.05) is 12.0 Å². The molecule has 16 heavy (non-hydrogen) atoms. The van der Waals surface area contributed by atoms with Gasteiger partial charge in [-0.05, 0) is 24.3 Å². The van der Waals surface area contributed by atoms with Crippen molar-refractivity contribution in [1.29, 1.82) is 0 Å². The Bertz CT molecular complexity index is 246. The molecule has 2 atom stereocenters. The SMILES string of the molecule is CSCCC(NC(=O)[C@H](N)C(C)C)C(=O)O. The number of rotatable bonds is 7. The van der Waals surface area contributed by atoms with Gasteiger partial charge in [0, 0.05) is 0 Å². The van der Waals surface area contributed by atoms with E-state index >= 15 is 0 Å². The van der Waals surface area contributed by atoms with E-state index in [1.807, 2.05) is 20.1 Å². The van der Waals surface area contributed by atoms with Crippen LogP contribution in [0.1, 0.15) is 20.3 Å². The predicted octanol–water partition coefficient (Wildman–Crippen LogP) is 0.292. The average Bonchev–Trinajstić information content (AvgIpc) is 2.21. The van der Waals surface area contributed by atoms with Crippen molar-refractivity contribution in [3.8, 4) is 0 Å². The first-order valence-electron chi connectivity index (χ1n) is 5.17. The highest BCUT2D eigenvalue weighted by molar-refractivity contribution is 7.98. The number of amides is 1. The highest BCUT2D eigenvalue weighted by Gasteiger charge is 2.24. The largest absolute Gasteiger partial charge is 0.480 e. The van der Waals surface area contributed by atoms with Crippen LogP contribution in [0, 0.1) is 5.92 Å². The molecule has 0 aromatic heterocycles. The first-order valence-corrected chi connectivity index (χ1v) is 6.57. The second kappa shape index (κ2) is 7.51. The van der Waals surface area contributed by atoms with Gasteiger partial charge in [-0.1, -0.05) is 13.8 Å². The van der Waals surface area contributed by atoms with Gasteiger partial charge in [-0.2, -0.15) is 11.8 Å². The van der Waals surface area contributed by atoms with Crippen LogP contribution in [0.15, 0.2) is 0 Å². The van der Waals surface area contributed by atoms with Crippen LogP contribution in [0.3, 0.4) is 0 Å². The minimum absolute atomic E-state index is 0.00463. The average molecular weight is 248 g/mol. The summed E-state index contributed by atoms with van der Waals surface area (Å²) >= 11 is 1.54. The van der Waals surface area contributed by atoms with Gasteiger partial charge < -0.3 is 16.2 Å². The van der Waals surface area contributed by atoms with Gasteiger partial charge in [0.05, 0.1) is 6.04 Å². The quantitative estimate of drug-likeness (QED) is 0.602. The second-order valence-corrected chi connectivity index (χ2v) is 4.94. The molecule has 0 aliphatic carbocycles. The summed E-state index contributed by atoms with van der Waals surface area (Å²) in [4.78, 5) is 22.4. The Balaban J connectivity index is 4.28. The summed E-state index contributed by atoms with van der Waals surface area (Å²) in [5.74, 6) is -0.731. The second-order valence-electron chi connectivity index (χ2n) is 3.95. The van der Waals surface area contributed by atoms with Crippen molar-refractivity contribution in [3.05, 3.63) is 0 Å². The molecule has 0 aliphatic rings. The topological polar surface area (TPSA) is 92.4 Å². The summed E-state index contributed by atoms with van der Waals surface area (Å²) in [5.41, 5.74) is 5.63. The number of thioether (sulfide) groups is 1. The molecule has 0 aliphatic heterocycles. The van der Waals surface area contributed by atoms with E-state index in [9.17, 15) is 9.59 Å². The van der Waals surface area contributed by atoms with Crippen LogP contribution in [0.4, 0.5) is 0 Å². The van der Waals surface area contributed by atoms with E-state index in [1.165, 1.54) is 0 Å². The molecule has 0 saturated heterocycles. The van der Waals surface area contributed by atoms with E-state index in [0.717, 1.165) is 0 Å². The van der Waals surface area contributed by atoms with Crippen molar-refractivity contribution in [2.45, 2.75) is 32.4 Å². The summed E-state index contributed by atoms with van der Waals surface area (Å²) in [7, 11) is 0. The Labute approximate surface area is 100 Å². The molecule has 4 N–H and O–H groups in total. The number of carbonyl (C=O) groups excluding carboxylic acids is 1. The maximum atomic E-state index is 11.6. The minimum atomic E-state index is -1.02. The maximum absolute atomic E-state index is 11.6. The Kier molecular flexibility index (Phi) is 7.16. The van der Waals surface area contributed by atoms with Crippen LogP contribution in [0.2, 0.25) is 0 Å². The molecule has 0 radical (unpaired) electrons. The first-order chi connectivity index (χ1) is 7.40. The Hall–Kier alpha value is -0.750. The Morgan fingerprint density at radius 1 is 1.44 bits per heavy atom. The van der Waals surface area contributed by atoms with Gasteiger partial charge in [-0.25, -0.2) is 4.79 Å². The Morgan fingerprint density at radius 3 is 2.38 bits per heavy atom. The molecule has 0 saturated carbocycles. The van der Waals surface area contributed by atoms with E-state index in [2.05, 4.69) is 5.32 Å². The van der Waals surface area contributed by atoms with Crippen molar-refractivity contribution >= 4 is 23.6 Å². The van der Waals surface area contributed by atoms with Crippen LogP contribution >= 0.6 is 11.8 Å². The lowest BCUT2D eigenvalue weighted by Crippen LogP contribution is -2.50. The smallest absolute Gasteiger partial charge is 0.326 e. The molecule has 1 unspecified atom stereocenters. The van der Waals surface area contributed by atoms with Gasteiger partial charge in [-0.15, -0.1) is 0 Å². The first kappa shape index (κ1) is 15.2. The predicted molar refractivity (Wildman–Crippen MR) is 65.4 cm³/mol. The summed E-state index contributed by atoms with van der Waals surface area (Å²) < 4.78 is 0. The zero-order valence-electron chi connectivity index (χ0n) is 9.90. The van der Waals surface area contributed by atoms with Gasteiger partial charge in [0.1, 0.15) is 6.04 Å². The Morgan fingerprint density at radius 2 is 2.00 bits per heavy atom. The summed E-state index contributed by atoms with van der Waals surface area (Å²) in [5, 5.41) is 11.4. The number of nitrogens with two attached hydrogens (primary N) is 1. The van der Waals surface area contributed by atoms with Gasteiger partial charge in [0.25, 0.3) is 0 Å². The van der Waals surface area contributed by atoms with E-state index < -0.39 is 24.0 Å². The fraction of sp³-hybridized carbons (Fsp3) is 0.800. The summed E-state index contributed by atoms with van der Waals surface area (Å²) in [6.07, 6.45) is 2.30. The monoisotopic (exact) mass is 248 g/mol. The third-order valence-corrected chi connectivity index (χ3v) is 2.89. The molecule has 0 aromatic carbocycles. The van der Waals surface area contributed by atoms with E-state index in [1.54, 1.807) is 11.8 Å². The highest BCUT2D eigenvalue weighted by atomic mass is 32.2. The molecule has 1 amide bonds. The third kappa shape index (κ3) is 5.37. The number of carboxylic acid groups (broad SMARTS) is 1. The zero-order valence-corrected chi connectivity index (χ0v) is 10.7.